The molecule has 1 amide bonds. The molecule has 0 aliphatic heterocycles. The van der Waals surface area contributed by atoms with E-state index in [4.69, 9.17) is 25.8 Å². The van der Waals surface area contributed by atoms with Crippen molar-refractivity contribution in [3.63, 3.8) is 0 Å². The monoisotopic (exact) mass is 423 g/mol. The average Bonchev–Trinajstić information content (AvgIpc) is 2.69. The standard InChI is InChI=1S/C22H30ClNO5/c1-5-28-21-17(23)12-16(13-19(21)27-4)10-11-20(25)29-15(3)22(26)24-18-9-7-6-8-14(18)2/h10-15,18H,5-9H2,1-4H3,(H,24,26)/b11-10+/t14-,15-,18-/m0/s1. The van der Waals surface area contributed by atoms with Gasteiger partial charge in [-0.15, -0.1) is 0 Å². The predicted octanol–water partition coefficient (Wildman–Crippen LogP) is 4.39. The third kappa shape index (κ3) is 6.67. The van der Waals surface area contributed by atoms with Crippen LogP contribution in [0.25, 0.3) is 6.08 Å². The van der Waals surface area contributed by atoms with E-state index in [9.17, 15) is 9.59 Å². The lowest BCUT2D eigenvalue weighted by molar-refractivity contribution is -0.150. The molecule has 0 spiro atoms. The Hall–Kier alpha value is -2.21. The highest BCUT2D eigenvalue weighted by Crippen LogP contribution is 2.36. The number of methoxy groups -OCH3 is 1. The molecular weight excluding hydrogens is 394 g/mol. The van der Waals surface area contributed by atoms with Crippen LogP contribution in [0.1, 0.15) is 52.0 Å². The summed E-state index contributed by atoms with van der Waals surface area (Å²) < 4.78 is 16.0. The molecule has 1 saturated carbocycles. The molecule has 29 heavy (non-hydrogen) atoms. The molecule has 1 aliphatic carbocycles. The van der Waals surface area contributed by atoms with E-state index < -0.39 is 12.1 Å². The molecular formula is C22H30ClNO5. The lowest BCUT2D eigenvalue weighted by Crippen LogP contribution is -2.45. The molecule has 0 bridgehead atoms. The third-order valence-electron chi connectivity index (χ3n) is 5.05. The van der Waals surface area contributed by atoms with Crippen molar-refractivity contribution < 1.29 is 23.8 Å². The fraction of sp³-hybridized carbons (Fsp3) is 0.545. The SMILES string of the molecule is CCOc1c(Cl)cc(/C=C/C(=O)O[C@@H](C)C(=O)N[C@H]2CCCC[C@@H]2C)cc1OC. The molecule has 7 heteroatoms. The summed E-state index contributed by atoms with van der Waals surface area (Å²) in [5.41, 5.74) is 0.653. The second-order valence-electron chi connectivity index (χ2n) is 7.26. The van der Waals surface area contributed by atoms with Crippen LogP contribution in [-0.4, -0.2) is 37.7 Å². The molecule has 0 saturated heterocycles. The Labute approximate surface area is 177 Å². The summed E-state index contributed by atoms with van der Waals surface area (Å²) in [5, 5.41) is 3.38. The smallest absolute Gasteiger partial charge is 0.331 e. The van der Waals surface area contributed by atoms with Gasteiger partial charge in [0.1, 0.15) is 0 Å². The number of ether oxygens (including phenoxy) is 3. The summed E-state index contributed by atoms with van der Waals surface area (Å²) in [6.07, 6.45) is 6.34. The first-order valence-corrected chi connectivity index (χ1v) is 10.4. The maximum atomic E-state index is 12.3. The number of hydrogen-bond acceptors (Lipinski definition) is 5. The van der Waals surface area contributed by atoms with Crippen LogP contribution in [0.3, 0.4) is 0 Å². The quantitative estimate of drug-likeness (QED) is 0.496. The van der Waals surface area contributed by atoms with E-state index in [1.54, 1.807) is 25.1 Å². The topological polar surface area (TPSA) is 73.9 Å². The molecule has 3 atom stereocenters. The Kier molecular flexibility index (Phi) is 8.83. The summed E-state index contributed by atoms with van der Waals surface area (Å²) in [6.45, 7) is 6.02. The van der Waals surface area contributed by atoms with Crippen molar-refractivity contribution in [1.29, 1.82) is 0 Å². The highest BCUT2D eigenvalue weighted by molar-refractivity contribution is 6.32. The molecule has 1 aromatic rings. The first kappa shape index (κ1) is 23.1. The van der Waals surface area contributed by atoms with Crippen LogP contribution in [0.15, 0.2) is 18.2 Å². The maximum Gasteiger partial charge on any atom is 0.331 e. The lowest BCUT2D eigenvalue weighted by Gasteiger charge is -2.30. The van der Waals surface area contributed by atoms with Crippen LogP contribution < -0.4 is 14.8 Å². The van der Waals surface area contributed by atoms with Crippen molar-refractivity contribution in [3.8, 4) is 11.5 Å². The van der Waals surface area contributed by atoms with Gasteiger partial charge in [0, 0.05) is 12.1 Å². The number of halogens is 1. The number of nitrogens with one attached hydrogen (secondary N) is 1. The van der Waals surface area contributed by atoms with E-state index in [1.807, 2.05) is 6.92 Å². The van der Waals surface area contributed by atoms with Gasteiger partial charge in [0.2, 0.25) is 0 Å². The van der Waals surface area contributed by atoms with Crippen molar-refractivity contribution in [2.45, 2.75) is 58.6 Å². The molecule has 0 heterocycles. The number of carbonyl (C=O) groups is 2. The minimum atomic E-state index is -0.861. The summed E-state index contributed by atoms with van der Waals surface area (Å²) in [5.74, 6) is 0.500. The van der Waals surface area contributed by atoms with Gasteiger partial charge in [0.05, 0.1) is 18.7 Å². The van der Waals surface area contributed by atoms with Gasteiger partial charge in [-0.2, -0.15) is 0 Å². The predicted molar refractivity (Wildman–Crippen MR) is 113 cm³/mol. The summed E-state index contributed by atoms with van der Waals surface area (Å²) in [6, 6.07) is 3.52. The molecule has 6 nitrogen and oxygen atoms in total. The summed E-state index contributed by atoms with van der Waals surface area (Å²) >= 11 is 6.23. The highest BCUT2D eigenvalue weighted by Gasteiger charge is 2.26. The van der Waals surface area contributed by atoms with Gasteiger partial charge in [-0.25, -0.2) is 4.79 Å². The summed E-state index contributed by atoms with van der Waals surface area (Å²) in [4.78, 5) is 24.5. The Morgan fingerprint density at radius 1 is 1.31 bits per heavy atom. The van der Waals surface area contributed by atoms with Gasteiger partial charge in [-0.05, 0) is 56.4 Å². The average molecular weight is 424 g/mol. The molecule has 1 aromatic carbocycles. The number of benzene rings is 1. The van der Waals surface area contributed by atoms with Crippen molar-refractivity contribution in [2.75, 3.05) is 13.7 Å². The number of rotatable bonds is 8. The van der Waals surface area contributed by atoms with Crippen molar-refractivity contribution in [1.82, 2.24) is 5.32 Å². The largest absolute Gasteiger partial charge is 0.493 e. The van der Waals surface area contributed by atoms with Crippen LogP contribution in [-0.2, 0) is 14.3 Å². The third-order valence-corrected chi connectivity index (χ3v) is 5.33. The fourth-order valence-electron chi connectivity index (χ4n) is 3.38. The van der Waals surface area contributed by atoms with Gasteiger partial charge in [-0.3, -0.25) is 4.79 Å². The number of amides is 1. The molecule has 0 aromatic heterocycles. The van der Waals surface area contributed by atoms with Crippen LogP contribution in [0, 0.1) is 5.92 Å². The van der Waals surface area contributed by atoms with Gasteiger partial charge >= 0.3 is 5.97 Å². The Balaban J connectivity index is 1.94. The minimum Gasteiger partial charge on any atom is -0.493 e. The second-order valence-corrected chi connectivity index (χ2v) is 7.66. The Morgan fingerprint density at radius 3 is 2.69 bits per heavy atom. The fourth-order valence-corrected chi connectivity index (χ4v) is 3.66. The van der Waals surface area contributed by atoms with Crippen LogP contribution in [0.4, 0.5) is 0 Å². The first-order valence-electron chi connectivity index (χ1n) is 10.0. The summed E-state index contributed by atoms with van der Waals surface area (Å²) in [7, 11) is 1.52. The van der Waals surface area contributed by atoms with Crippen molar-refractivity contribution >= 4 is 29.6 Å². The molecule has 0 radical (unpaired) electrons. The van der Waals surface area contributed by atoms with Crippen LogP contribution in [0.5, 0.6) is 11.5 Å². The van der Waals surface area contributed by atoms with E-state index in [1.165, 1.54) is 19.6 Å². The van der Waals surface area contributed by atoms with Gasteiger partial charge in [0.25, 0.3) is 5.91 Å². The zero-order chi connectivity index (χ0) is 21.4. The van der Waals surface area contributed by atoms with Gasteiger partial charge in [-0.1, -0.05) is 31.4 Å². The zero-order valence-electron chi connectivity index (χ0n) is 17.5. The van der Waals surface area contributed by atoms with Gasteiger partial charge < -0.3 is 19.5 Å². The lowest BCUT2D eigenvalue weighted by atomic mass is 9.86. The zero-order valence-corrected chi connectivity index (χ0v) is 18.3. The van der Waals surface area contributed by atoms with Crippen LogP contribution in [0.2, 0.25) is 5.02 Å². The molecule has 1 N–H and O–H groups in total. The first-order chi connectivity index (χ1) is 13.8. The van der Waals surface area contributed by atoms with E-state index in [-0.39, 0.29) is 11.9 Å². The molecule has 1 fully saturated rings. The van der Waals surface area contributed by atoms with E-state index in [0.29, 0.717) is 34.6 Å². The molecule has 160 valence electrons. The molecule has 2 rings (SSSR count). The van der Waals surface area contributed by atoms with E-state index >= 15 is 0 Å². The Morgan fingerprint density at radius 2 is 2.03 bits per heavy atom. The number of hydrogen-bond donors (Lipinski definition) is 1. The number of esters is 1. The van der Waals surface area contributed by atoms with Crippen molar-refractivity contribution in [3.05, 3.63) is 28.8 Å². The van der Waals surface area contributed by atoms with E-state index in [0.717, 1.165) is 19.3 Å². The second kappa shape index (κ2) is 11.1. The van der Waals surface area contributed by atoms with Crippen LogP contribution >= 0.6 is 11.6 Å². The Bertz CT molecular complexity index is 749. The molecule has 1 aliphatic rings. The minimum absolute atomic E-state index is 0.145. The molecule has 0 unspecified atom stereocenters. The highest BCUT2D eigenvalue weighted by atomic mass is 35.5. The normalized spacial score (nSPS) is 20.2. The van der Waals surface area contributed by atoms with E-state index in [2.05, 4.69) is 12.2 Å². The van der Waals surface area contributed by atoms with Gasteiger partial charge in [0.15, 0.2) is 17.6 Å². The van der Waals surface area contributed by atoms with Crippen molar-refractivity contribution in [2.24, 2.45) is 5.92 Å². The maximum absolute atomic E-state index is 12.3. The number of carbonyl (C=O) groups excluding carboxylic acids is 2.